The number of hydrogen-bond donors (Lipinski definition) is 1. The fourth-order valence-electron chi connectivity index (χ4n) is 1.59. The van der Waals surface area contributed by atoms with E-state index in [1.54, 1.807) is 0 Å². The number of methoxy groups -OCH3 is 1. The van der Waals surface area contributed by atoms with Gasteiger partial charge in [-0.2, -0.15) is 0 Å². The molecule has 1 aromatic rings. The number of carbonyl (C=O) groups excluding carboxylic acids is 1. The molecule has 0 bridgehead atoms. The highest BCUT2D eigenvalue weighted by Gasteiger charge is 2.11. The number of aliphatic hydroxyl groups excluding tert-OH is 1. The minimum atomic E-state index is -0.544. The molecule has 0 saturated carbocycles. The zero-order valence-electron chi connectivity index (χ0n) is 10.6. The average molecular weight is 316 g/mol. The molecule has 0 fully saturated rings. The van der Waals surface area contributed by atoms with E-state index in [4.69, 9.17) is 0 Å². The summed E-state index contributed by atoms with van der Waals surface area (Å²) in [6, 6.07) is 7.84. The molecule has 1 N–H and O–H groups in total. The number of rotatable bonds is 6. The molecule has 5 heteroatoms. The predicted molar refractivity (Wildman–Crippen MR) is 74.7 cm³/mol. The molecule has 0 aliphatic carbocycles. The van der Waals surface area contributed by atoms with Crippen LogP contribution in [0.25, 0.3) is 0 Å². The molecule has 0 aliphatic rings. The van der Waals surface area contributed by atoms with E-state index in [-0.39, 0.29) is 12.4 Å². The zero-order chi connectivity index (χ0) is 13.5. The molecule has 0 aliphatic heterocycles. The van der Waals surface area contributed by atoms with E-state index in [0.29, 0.717) is 13.0 Å². The number of carbonyl (C=O) groups is 1. The van der Waals surface area contributed by atoms with Crippen molar-refractivity contribution in [2.75, 3.05) is 25.6 Å². The quantitative estimate of drug-likeness (QED) is 0.818. The van der Waals surface area contributed by atoms with Gasteiger partial charge in [-0.25, -0.2) is 0 Å². The Hall–Kier alpha value is -1.07. The third-order valence-corrected chi connectivity index (χ3v) is 3.19. The molecule has 0 saturated heterocycles. The summed E-state index contributed by atoms with van der Waals surface area (Å²) in [5.41, 5.74) is 1.02. The van der Waals surface area contributed by atoms with Crippen LogP contribution in [0.2, 0.25) is 0 Å². The van der Waals surface area contributed by atoms with Crippen LogP contribution in [0, 0.1) is 0 Å². The average Bonchev–Trinajstić information content (AvgIpc) is 2.36. The molecule has 18 heavy (non-hydrogen) atoms. The summed E-state index contributed by atoms with van der Waals surface area (Å²) in [4.78, 5) is 12.9. The van der Waals surface area contributed by atoms with Crippen LogP contribution in [0.3, 0.4) is 0 Å². The Morgan fingerprint density at radius 3 is 2.61 bits per heavy atom. The molecule has 0 amide bonds. The lowest BCUT2D eigenvalue weighted by molar-refractivity contribution is -0.141. The lowest BCUT2D eigenvalue weighted by Crippen LogP contribution is -2.29. The van der Waals surface area contributed by atoms with Crippen molar-refractivity contribution in [3.05, 3.63) is 28.7 Å². The minimum Gasteiger partial charge on any atom is -0.469 e. The second-order valence-electron chi connectivity index (χ2n) is 4.13. The lowest BCUT2D eigenvalue weighted by Gasteiger charge is -2.22. The number of likely N-dealkylation sites (N-methyl/N-ethyl adjacent to an activating group) is 1. The fourth-order valence-corrected chi connectivity index (χ4v) is 1.86. The topological polar surface area (TPSA) is 49.8 Å². The Kier molecular flexibility index (Phi) is 6.15. The van der Waals surface area contributed by atoms with Gasteiger partial charge in [-0.1, -0.05) is 15.9 Å². The molecule has 0 spiro atoms. The molecule has 1 atom stereocenters. The van der Waals surface area contributed by atoms with E-state index in [0.717, 1.165) is 10.2 Å². The maximum absolute atomic E-state index is 11.0. The molecule has 0 aromatic heterocycles. The van der Waals surface area contributed by atoms with E-state index < -0.39 is 6.10 Å². The second-order valence-corrected chi connectivity index (χ2v) is 5.04. The van der Waals surface area contributed by atoms with Crippen LogP contribution in [0.1, 0.15) is 12.8 Å². The first-order valence-electron chi connectivity index (χ1n) is 5.74. The van der Waals surface area contributed by atoms with Crippen LogP contribution in [0.4, 0.5) is 5.69 Å². The smallest absolute Gasteiger partial charge is 0.305 e. The Labute approximate surface area is 116 Å². The Balaban J connectivity index is 2.41. The summed E-state index contributed by atoms with van der Waals surface area (Å²) in [5.74, 6) is -0.291. The van der Waals surface area contributed by atoms with Gasteiger partial charge in [0.15, 0.2) is 0 Å². The molecule has 1 rings (SSSR count). The van der Waals surface area contributed by atoms with E-state index in [2.05, 4.69) is 20.7 Å². The molecule has 1 aromatic carbocycles. The molecule has 0 heterocycles. The molecular weight excluding hydrogens is 298 g/mol. The van der Waals surface area contributed by atoms with Crippen molar-refractivity contribution in [2.24, 2.45) is 0 Å². The highest BCUT2D eigenvalue weighted by molar-refractivity contribution is 9.10. The van der Waals surface area contributed by atoms with Crippen molar-refractivity contribution >= 4 is 27.6 Å². The van der Waals surface area contributed by atoms with Crippen LogP contribution in [-0.2, 0) is 9.53 Å². The number of benzene rings is 1. The van der Waals surface area contributed by atoms with Gasteiger partial charge in [0.1, 0.15) is 0 Å². The molecule has 100 valence electrons. The first-order valence-corrected chi connectivity index (χ1v) is 6.54. The highest BCUT2D eigenvalue weighted by atomic mass is 79.9. The number of hydrogen-bond acceptors (Lipinski definition) is 4. The molecule has 4 nitrogen and oxygen atoms in total. The van der Waals surface area contributed by atoms with Crippen molar-refractivity contribution in [3.63, 3.8) is 0 Å². The first kappa shape index (κ1) is 15.0. The van der Waals surface area contributed by atoms with E-state index in [9.17, 15) is 9.90 Å². The summed E-state index contributed by atoms with van der Waals surface area (Å²) in [6.45, 7) is 0.485. The fraction of sp³-hybridized carbons (Fsp3) is 0.462. The van der Waals surface area contributed by atoms with Crippen LogP contribution >= 0.6 is 15.9 Å². The summed E-state index contributed by atoms with van der Waals surface area (Å²) in [7, 11) is 3.26. The number of nitrogens with zero attached hydrogens (tertiary/aromatic N) is 1. The van der Waals surface area contributed by atoms with Gasteiger partial charge in [0.2, 0.25) is 0 Å². The van der Waals surface area contributed by atoms with Gasteiger partial charge in [-0.15, -0.1) is 0 Å². The van der Waals surface area contributed by atoms with Crippen LogP contribution in [0.15, 0.2) is 28.7 Å². The summed E-state index contributed by atoms with van der Waals surface area (Å²) >= 11 is 3.37. The maximum Gasteiger partial charge on any atom is 0.305 e. The highest BCUT2D eigenvalue weighted by Crippen LogP contribution is 2.17. The van der Waals surface area contributed by atoms with Crippen LogP contribution in [0.5, 0.6) is 0 Å². The van der Waals surface area contributed by atoms with Crippen molar-refractivity contribution in [2.45, 2.75) is 18.9 Å². The number of ether oxygens (including phenoxy) is 1. The number of halogens is 1. The monoisotopic (exact) mass is 315 g/mol. The van der Waals surface area contributed by atoms with Crippen molar-refractivity contribution < 1.29 is 14.6 Å². The van der Waals surface area contributed by atoms with Gasteiger partial charge in [0.05, 0.1) is 13.2 Å². The van der Waals surface area contributed by atoms with Gasteiger partial charge >= 0.3 is 5.97 Å². The normalized spacial score (nSPS) is 12.0. The molecular formula is C13H18BrNO3. The largest absolute Gasteiger partial charge is 0.469 e. The molecule has 1 unspecified atom stereocenters. The summed E-state index contributed by atoms with van der Waals surface area (Å²) in [5, 5.41) is 9.82. The van der Waals surface area contributed by atoms with Crippen LogP contribution in [-0.4, -0.2) is 37.9 Å². The number of esters is 1. The number of aliphatic hydroxyl groups is 1. The Morgan fingerprint density at radius 1 is 1.44 bits per heavy atom. The van der Waals surface area contributed by atoms with Gasteiger partial charge in [0.25, 0.3) is 0 Å². The Bertz CT molecular complexity index is 380. The van der Waals surface area contributed by atoms with Gasteiger partial charge in [-0.3, -0.25) is 4.79 Å². The van der Waals surface area contributed by atoms with E-state index in [1.807, 2.05) is 36.2 Å². The standard InChI is InChI=1S/C13H18BrNO3/c1-15(11-5-3-10(14)4-6-11)9-12(16)7-8-13(17)18-2/h3-6,12,16H,7-9H2,1-2H3. The van der Waals surface area contributed by atoms with Crippen molar-refractivity contribution in [1.82, 2.24) is 0 Å². The first-order chi connectivity index (χ1) is 8.52. The summed E-state index contributed by atoms with van der Waals surface area (Å²) < 4.78 is 5.55. The minimum absolute atomic E-state index is 0.242. The lowest BCUT2D eigenvalue weighted by atomic mass is 10.2. The second kappa shape index (κ2) is 7.38. The van der Waals surface area contributed by atoms with Crippen molar-refractivity contribution in [3.8, 4) is 0 Å². The SMILES string of the molecule is COC(=O)CCC(O)CN(C)c1ccc(Br)cc1. The van der Waals surface area contributed by atoms with Crippen LogP contribution < -0.4 is 4.90 Å². The van der Waals surface area contributed by atoms with Crippen molar-refractivity contribution in [1.29, 1.82) is 0 Å². The Morgan fingerprint density at radius 2 is 2.06 bits per heavy atom. The van der Waals surface area contributed by atoms with E-state index in [1.165, 1.54) is 7.11 Å². The van der Waals surface area contributed by atoms with E-state index >= 15 is 0 Å². The van der Waals surface area contributed by atoms with Gasteiger partial charge in [-0.05, 0) is 30.7 Å². The van der Waals surface area contributed by atoms with Gasteiger partial charge < -0.3 is 14.7 Å². The summed E-state index contributed by atoms with van der Waals surface area (Å²) in [6.07, 6.45) is 0.108. The van der Waals surface area contributed by atoms with Gasteiger partial charge in [0, 0.05) is 30.2 Å². The molecule has 0 radical (unpaired) electrons. The zero-order valence-corrected chi connectivity index (χ0v) is 12.2. The maximum atomic E-state index is 11.0. The predicted octanol–water partition coefficient (Wildman–Crippen LogP) is 2.20. The third kappa shape index (κ3) is 5.06. The third-order valence-electron chi connectivity index (χ3n) is 2.66. The number of anilines is 1.